The van der Waals surface area contributed by atoms with E-state index in [4.69, 9.17) is 4.74 Å². The Morgan fingerprint density at radius 2 is 1.70 bits per heavy atom. The Labute approximate surface area is 224 Å². The first kappa shape index (κ1) is 28.4. The molecule has 1 unspecified atom stereocenters. The fourth-order valence-electron chi connectivity index (χ4n) is 9.90. The van der Waals surface area contributed by atoms with Crippen molar-refractivity contribution in [3.05, 3.63) is 22.8 Å². The highest BCUT2D eigenvalue weighted by Crippen LogP contribution is 2.72. The van der Waals surface area contributed by atoms with E-state index < -0.39 is 18.0 Å². The van der Waals surface area contributed by atoms with Gasteiger partial charge in [-0.1, -0.05) is 57.4 Å². The predicted octanol–water partition coefficient (Wildman–Crippen LogP) is 7.09. The molecule has 0 aromatic rings. The van der Waals surface area contributed by atoms with Crippen LogP contribution in [0.5, 0.6) is 0 Å². The van der Waals surface area contributed by atoms with Crippen LogP contribution in [0.3, 0.4) is 0 Å². The number of carboxylic acids is 1. The van der Waals surface area contributed by atoms with E-state index in [1.165, 1.54) is 18.1 Å². The van der Waals surface area contributed by atoms with Crippen molar-refractivity contribution < 1.29 is 24.5 Å². The number of aliphatic carboxylic acids is 1. The summed E-state index contributed by atoms with van der Waals surface area (Å²) < 4.78 is 5.82. The molecule has 4 rings (SSSR count). The number of fused-ring (bicyclic) bond motifs is 4. The summed E-state index contributed by atoms with van der Waals surface area (Å²) in [7, 11) is 0. The van der Waals surface area contributed by atoms with E-state index in [-0.39, 0.29) is 39.7 Å². The van der Waals surface area contributed by atoms with Gasteiger partial charge in [-0.15, -0.1) is 0 Å². The topological polar surface area (TPSA) is 83.8 Å². The van der Waals surface area contributed by atoms with E-state index in [1.807, 2.05) is 13.8 Å². The highest BCUT2D eigenvalue weighted by Gasteiger charge is 2.66. The van der Waals surface area contributed by atoms with Crippen LogP contribution in [0.2, 0.25) is 0 Å². The third-order valence-corrected chi connectivity index (χ3v) is 11.8. The summed E-state index contributed by atoms with van der Waals surface area (Å²) in [4.78, 5) is 24.4. The third kappa shape index (κ3) is 4.32. The van der Waals surface area contributed by atoms with Gasteiger partial charge in [0.1, 0.15) is 6.10 Å². The molecule has 0 heterocycles. The molecule has 8 atom stereocenters. The lowest BCUT2D eigenvalue weighted by atomic mass is 9.43. The average molecular weight is 515 g/mol. The summed E-state index contributed by atoms with van der Waals surface area (Å²) in [5, 5.41) is 21.8. The Balaban J connectivity index is 1.71. The van der Waals surface area contributed by atoms with Gasteiger partial charge in [0, 0.05) is 18.3 Å². The van der Waals surface area contributed by atoms with Crippen molar-refractivity contribution in [3.63, 3.8) is 0 Å². The molecule has 4 aliphatic carbocycles. The number of hydrogen-bond acceptors (Lipinski definition) is 4. The van der Waals surface area contributed by atoms with E-state index in [1.54, 1.807) is 5.57 Å². The van der Waals surface area contributed by atoms with Gasteiger partial charge in [-0.25, -0.2) is 0 Å². The van der Waals surface area contributed by atoms with Gasteiger partial charge in [0.2, 0.25) is 0 Å². The van der Waals surface area contributed by atoms with Gasteiger partial charge in [0.25, 0.3) is 0 Å². The van der Waals surface area contributed by atoms with Crippen LogP contribution in [0.1, 0.15) is 113 Å². The Morgan fingerprint density at radius 1 is 1.03 bits per heavy atom. The maximum atomic E-state index is 12.5. The van der Waals surface area contributed by atoms with E-state index in [2.05, 4.69) is 40.7 Å². The number of carboxylic acid groups (broad SMARTS) is 1. The molecule has 0 aromatic heterocycles. The number of hydrogen-bond donors (Lipinski definition) is 2. The Kier molecular flexibility index (Phi) is 7.32. The third-order valence-electron chi connectivity index (χ3n) is 11.8. The van der Waals surface area contributed by atoms with Crippen LogP contribution in [-0.2, 0) is 14.3 Å². The zero-order chi connectivity index (χ0) is 27.6. The number of allylic oxidation sites excluding steroid dienone is 4. The Bertz CT molecular complexity index is 1000. The highest BCUT2D eigenvalue weighted by atomic mass is 16.5. The number of aliphatic hydroxyl groups excluding tert-OH is 1. The van der Waals surface area contributed by atoms with E-state index in [0.717, 1.165) is 44.9 Å². The van der Waals surface area contributed by atoms with E-state index in [9.17, 15) is 19.8 Å². The molecule has 0 aromatic carbocycles. The summed E-state index contributed by atoms with van der Waals surface area (Å²) in [5.41, 5.74) is 3.80. The molecule has 37 heavy (non-hydrogen) atoms. The van der Waals surface area contributed by atoms with Gasteiger partial charge in [-0.2, -0.15) is 0 Å². The molecule has 0 aliphatic heterocycles. The van der Waals surface area contributed by atoms with Gasteiger partial charge in [-0.05, 0) is 93.8 Å². The first-order chi connectivity index (χ1) is 17.1. The molecule has 0 saturated heterocycles. The minimum absolute atomic E-state index is 0.0514. The van der Waals surface area contributed by atoms with Gasteiger partial charge in [0.05, 0.1) is 12.0 Å². The largest absolute Gasteiger partial charge is 0.481 e. The maximum absolute atomic E-state index is 12.5. The molecule has 5 heteroatoms. The smallest absolute Gasteiger partial charge is 0.306 e. The van der Waals surface area contributed by atoms with Gasteiger partial charge >= 0.3 is 11.9 Å². The van der Waals surface area contributed by atoms with Crippen molar-refractivity contribution in [2.24, 2.45) is 39.4 Å². The Morgan fingerprint density at radius 3 is 2.30 bits per heavy atom. The van der Waals surface area contributed by atoms with Crippen LogP contribution in [-0.4, -0.2) is 34.4 Å². The molecular weight excluding hydrogens is 464 g/mol. The monoisotopic (exact) mass is 514 g/mol. The lowest BCUT2D eigenvalue weighted by molar-refractivity contribution is -0.167. The second-order valence-corrected chi connectivity index (χ2v) is 14.3. The van der Waals surface area contributed by atoms with Crippen molar-refractivity contribution in [3.8, 4) is 0 Å². The molecule has 2 fully saturated rings. The molecule has 4 aliphatic rings. The summed E-state index contributed by atoms with van der Waals surface area (Å²) in [5.74, 6) is -1.30. The first-order valence-corrected chi connectivity index (χ1v) is 14.5. The van der Waals surface area contributed by atoms with Crippen LogP contribution in [0.25, 0.3) is 0 Å². The van der Waals surface area contributed by atoms with Crippen molar-refractivity contribution in [2.75, 3.05) is 0 Å². The Hall–Kier alpha value is -1.62. The minimum Gasteiger partial charge on any atom is -0.481 e. The summed E-state index contributed by atoms with van der Waals surface area (Å²) in [6.45, 7) is 17.2. The van der Waals surface area contributed by atoms with Crippen LogP contribution < -0.4 is 0 Å². The first-order valence-electron chi connectivity index (χ1n) is 14.5. The van der Waals surface area contributed by atoms with Crippen molar-refractivity contribution in [1.82, 2.24) is 0 Å². The normalized spacial score (nSPS) is 41.2. The summed E-state index contributed by atoms with van der Waals surface area (Å²) in [6, 6.07) is 0. The fourth-order valence-corrected chi connectivity index (χ4v) is 9.90. The number of rotatable bonds is 6. The van der Waals surface area contributed by atoms with Crippen molar-refractivity contribution in [1.29, 1.82) is 0 Å². The van der Waals surface area contributed by atoms with Crippen LogP contribution in [0.15, 0.2) is 22.8 Å². The predicted molar refractivity (Wildman–Crippen MR) is 146 cm³/mol. The average Bonchev–Trinajstić information content (AvgIpc) is 2.98. The van der Waals surface area contributed by atoms with Gasteiger partial charge < -0.3 is 14.9 Å². The molecule has 5 nitrogen and oxygen atoms in total. The van der Waals surface area contributed by atoms with Crippen LogP contribution >= 0.6 is 0 Å². The summed E-state index contributed by atoms with van der Waals surface area (Å²) >= 11 is 0. The molecule has 208 valence electrons. The number of carbonyl (C=O) groups is 2. The number of aliphatic hydroxyl groups is 1. The second kappa shape index (κ2) is 9.54. The lowest BCUT2D eigenvalue weighted by Gasteiger charge is -2.62. The van der Waals surface area contributed by atoms with Crippen molar-refractivity contribution in [2.45, 2.75) is 125 Å². The molecule has 0 radical (unpaired) electrons. The van der Waals surface area contributed by atoms with Gasteiger partial charge in [0.15, 0.2) is 0 Å². The molecule has 2 N–H and O–H groups in total. The zero-order valence-electron chi connectivity index (χ0n) is 24.4. The number of esters is 1. The SMILES string of the molecule is CC(=O)O[C@H]1CC[C@]2(C)C3=C(CCC2C1(C)C)[C@]1(C)C[C@@H](O)[C@H]([C@@H](CCC=C(C)C)C(=O)O)[C@@]1(C)CC3. The van der Waals surface area contributed by atoms with Crippen molar-refractivity contribution >= 4 is 11.9 Å². The molecular formula is C32H50O5. The van der Waals surface area contributed by atoms with Crippen LogP contribution in [0.4, 0.5) is 0 Å². The molecule has 2 saturated carbocycles. The second-order valence-electron chi connectivity index (χ2n) is 14.3. The quantitative estimate of drug-likeness (QED) is 0.292. The summed E-state index contributed by atoms with van der Waals surface area (Å²) in [6.07, 6.45) is 9.27. The molecule has 0 amide bonds. The molecule has 0 bridgehead atoms. The number of carbonyl (C=O) groups excluding carboxylic acids is 1. The highest BCUT2D eigenvalue weighted by molar-refractivity contribution is 5.71. The van der Waals surface area contributed by atoms with Gasteiger partial charge in [-0.3, -0.25) is 9.59 Å². The van der Waals surface area contributed by atoms with E-state index >= 15 is 0 Å². The lowest BCUT2D eigenvalue weighted by Crippen LogP contribution is -2.56. The molecule has 0 spiro atoms. The minimum atomic E-state index is -0.766. The maximum Gasteiger partial charge on any atom is 0.306 e. The van der Waals surface area contributed by atoms with E-state index in [0.29, 0.717) is 18.8 Å². The zero-order valence-corrected chi connectivity index (χ0v) is 24.4. The standard InChI is InChI=1S/C32H50O5/c1-19(2)10-9-11-21(28(35)36)27-24(34)18-32(8)23-12-13-25-29(4,5)26(37-20(3)33)15-16-30(25,6)22(23)14-17-31(27,32)7/h10,21,24-27,34H,9,11-18H2,1-8H3,(H,35,36)/t21-,24-,25?,26+,27+,30-,31-,32+/m1/s1. The number of ether oxygens (including phenoxy) is 1. The fraction of sp³-hybridized carbons (Fsp3) is 0.812. The van der Waals surface area contributed by atoms with Crippen LogP contribution in [0, 0.1) is 39.4 Å².